The first-order valence-electron chi connectivity index (χ1n) is 12.9. The minimum atomic E-state index is -2.27. The fourth-order valence-electron chi connectivity index (χ4n) is 6.10. The summed E-state index contributed by atoms with van der Waals surface area (Å²) in [6.07, 6.45) is 2.32. The van der Waals surface area contributed by atoms with Gasteiger partial charge in [0.2, 0.25) is 18.2 Å². The maximum Gasteiger partial charge on any atom is 0.255 e. The maximum atomic E-state index is 15.6. The molecule has 3 aliphatic heterocycles. The molecule has 3 fully saturated rings. The highest BCUT2D eigenvalue weighted by molar-refractivity contribution is 6.05. The van der Waals surface area contributed by atoms with Gasteiger partial charge in [0.1, 0.15) is 11.9 Å². The van der Waals surface area contributed by atoms with Crippen LogP contribution in [0.3, 0.4) is 0 Å². The van der Waals surface area contributed by atoms with Crippen molar-refractivity contribution in [2.24, 2.45) is 5.92 Å². The lowest BCUT2D eigenvalue weighted by Crippen LogP contribution is -2.52. The van der Waals surface area contributed by atoms with Gasteiger partial charge in [0.15, 0.2) is 0 Å². The number of alkyl halides is 2. The van der Waals surface area contributed by atoms with Crippen LogP contribution in [0.25, 0.3) is 0 Å². The Hall–Kier alpha value is -2.46. The van der Waals surface area contributed by atoms with Gasteiger partial charge in [0.05, 0.1) is 12.6 Å². The Labute approximate surface area is 208 Å². The summed E-state index contributed by atoms with van der Waals surface area (Å²) in [5, 5.41) is 5.85. The van der Waals surface area contributed by atoms with Gasteiger partial charge in [-0.2, -0.15) is 0 Å². The largest absolute Gasteiger partial charge is 0.376 e. The normalized spacial score (nSPS) is 31.1. The zero-order valence-corrected chi connectivity index (χ0v) is 20.1. The summed E-state index contributed by atoms with van der Waals surface area (Å²) in [4.78, 5) is 38.0. The number of carbonyl (C=O) groups is 3. The van der Waals surface area contributed by atoms with Crippen LogP contribution in [0.2, 0.25) is 0 Å². The molecular weight excluding hydrogens is 475 g/mol. The summed E-state index contributed by atoms with van der Waals surface area (Å²) in [6.45, 7) is 0.565. The van der Waals surface area contributed by atoms with Crippen molar-refractivity contribution in [1.29, 1.82) is 0 Å². The molecule has 0 spiro atoms. The molecular formula is C26H32F3N3O4. The van der Waals surface area contributed by atoms with E-state index in [0.717, 1.165) is 12.8 Å². The van der Waals surface area contributed by atoms with Crippen molar-refractivity contribution in [2.75, 3.05) is 6.61 Å². The average molecular weight is 508 g/mol. The number of nitrogens with zero attached hydrogens (tertiary/aromatic N) is 1. The quantitative estimate of drug-likeness (QED) is 0.578. The maximum absolute atomic E-state index is 15.6. The molecule has 36 heavy (non-hydrogen) atoms. The van der Waals surface area contributed by atoms with Crippen LogP contribution in [0.5, 0.6) is 0 Å². The van der Waals surface area contributed by atoms with E-state index in [0.29, 0.717) is 44.3 Å². The van der Waals surface area contributed by atoms with Crippen molar-refractivity contribution >= 4 is 17.7 Å². The molecule has 1 aromatic rings. The number of hydrogen-bond acceptors (Lipinski definition) is 5. The molecule has 3 heterocycles. The Bertz CT molecular complexity index is 1030. The van der Waals surface area contributed by atoms with E-state index >= 15 is 4.39 Å². The minimum Gasteiger partial charge on any atom is -0.376 e. The second-order valence-electron chi connectivity index (χ2n) is 10.4. The van der Waals surface area contributed by atoms with Gasteiger partial charge >= 0.3 is 0 Å². The number of carbonyl (C=O) groups excluding carboxylic acids is 3. The second-order valence-corrected chi connectivity index (χ2v) is 10.4. The Kier molecular flexibility index (Phi) is 7.35. The van der Waals surface area contributed by atoms with Gasteiger partial charge in [0, 0.05) is 48.6 Å². The summed E-state index contributed by atoms with van der Waals surface area (Å²) in [5.41, 5.74) is 0.968. The molecule has 10 heteroatoms. The fourth-order valence-corrected chi connectivity index (χ4v) is 6.10. The number of hydrogen-bond donors (Lipinski definition) is 2. The van der Waals surface area contributed by atoms with Gasteiger partial charge in [-0.15, -0.1) is 0 Å². The van der Waals surface area contributed by atoms with Gasteiger partial charge in [0.25, 0.3) is 5.91 Å². The van der Waals surface area contributed by atoms with Gasteiger partial charge in [-0.05, 0) is 56.6 Å². The van der Waals surface area contributed by atoms with E-state index < -0.39 is 36.0 Å². The molecule has 3 atom stereocenters. The van der Waals surface area contributed by atoms with Gasteiger partial charge < -0.3 is 15.0 Å². The zero-order valence-electron chi connectivity index (χ0n) is 20.1. The van der Waals surface area contributed by atoms with Crippen LogP contribution in [0.1, 0.15) is 72.9 Å². The van der Waals surface area contributed by atoms with Crippen LogP contribution >= 0.6 is 0 Å². The third-order valence-electron chi connectivity index (χ3n) is 8.17. The predicted molar refractivity (Wildman–Crippen MR) is 124 cm³/mol. The Morgan fingerprint density at radius 1 is 1.08 bits per heavy atom. The highest BCUT2D eigenvalue weighted by atomic mass is 19.3. The molecule has 196 valence electrons. The smallest absolute Gasteiger partial charge is 0.255 e. The lowest BCUT2D eigenvalue weighted by atomic mass is 9.85. The molecule has 1 aliphatic carbocycles. The second kappa shape index (κ2) is 10.5. The summed E-state index contributed by atoms with van der Waals surface area (Å²) in [7, 11) is 0. The van der Waals surface area contributed by atoms with E-state index in [1.165, 1.54) is 4.90 Å². The molecule has 3 amide bonds. The Balaban J connectivity index is 1.26. The molecule has 5 rings (SSSR count). The van der Waals surface area contributed by atoms with Crippen molar-refractivity contribution in [3.63, 3.8) is 0 Å². The Morgan fingerprint density at radius 2 is 1.86 bits per heavy atom. The van der Waals surface area contributed by atoms with Crippen LogP contribution < -0.4 is 10.6 Å². The highest BCUT2D eigenvalue weighted by Crippen LogP contribution is 2.33. The van der Waals surface area contributed by atoms with Gasteiger partial charge in [-0.3, -0.25) is 19.7 Å². The number of halogens is 3. The number of rotatable bonds is 6. The Morgan fingerprint density at radius 3 is 2.58 bits per heavy atom. The average Bonchev–Trinajstić information content (AvgIpc) is 3.19. The number of nitrogens with one attached hydrogen (secondary N) is 2. The number of benzene rings is 1. The molecule has 1 aromatic carbocycles. The molecule has 0 aromatic heterocycles. The highest BCUT2D eigenvalue weighted by Gasteiger charge is 2.41. The number of piperidine rings is 1. The third-order valence-corrected chi connectivity index (χ3v) is 8.17. The lowest BCUT2D eigenvalue weighted by Gasteiger charge is -2.37. The summed E-state index contributed by atoms with van der Waals surface area (Å²) >= 11 is 0. The van der Waals surface area contributed by atoms with E-state index in [4.69, 9.17) is 4.74 Å². The topological polar surface area (TPSA) is 87.7 Å². The summed E-state index contributed by atoms with van der Waals surface area (Å²) in [6, 6.07) is 2.59. The van der Waals surface area contributed by atoms with Crippen LogP contribution in [-0.4, -0.2) is 59.9 Å². The fraction of sp³-hybridized carbons (Fsp3) is 0.654. The third kappa shape index (κ3) is 5.02. The van der Waals surface area contributed by atoms with Crippen LogP contribution in [0.4, 0.5) is 13.2 Å². The monoisotopic (exact) mass is 507 g/mol. The SMILES string of the molecule is O=C1CCC(N2Cc3c(ccc(C[C@H]4OCCC[C@@H]4N[C@H]4CC[C@@H](C(F)F)CC4)c3F)C2=O)C(=O)N1. The number of fused-ring (bicyclic) bond motifs is 1. The van der Waals surface area contributed by atoms with Crippen molar-refractivity contribution in [2.45, 2.75) is 95.0 Å². The van der Waals surface area contributed by atoms with Gasteiger partial charge in [-0.1, -0.05) is 6.07 Å². The molecule has 1 saturated carbocycles. The zero-order chi connectivity index (χ0) is 25.4. The van der Waals surface area contributed by atoms with E-state index in [2.05, 4.69) is 10.6 Å². The number of amides is 3. The molecule has 0 radical (unpaired) electrons. The van der Waals surface area contributed by atoms with E-state index in [1.807, 2.05) is 0 Å². The summed E-state index contributed by atoms with van der Waals surface area (Å²) in [5.74, 6) is -2.28. The number of imide groups is 1. The standard InChI is InChI=1S/C26H32F3N3O4/c27-23-15(5-8-17-18(23)13-32(26(17)35)20-9-10-22(33)31-25(20)34)12-21-19(2-1-11-36-21)30-16-6-3-14(4-7-16)24(28)29/h5,8,14,16,19-21,24,30H,1-4,6-7,9-13H2,(H,31,33,34)/t14-,16+,19-,20?,21+/m0/s1. The van der Waals surface area contributed by atoms with Crippen LogP contribution in [0.15, 0.2) is 12.1 Å². The van der Waals surface area contributed by atoms with Crippen molar-refractivity contribution in [3.05, 3.63) is 34.6 Å². The first-order chi connectivity index (χ1) is 17.3. The molecule has 0 bridgehead atoms. The van der Waals surface area contributed by atoms with E-state index in [-0.39, 0.29) is 54.6 Å². The van der Waals surface area contributed by atoms with Crippen LogP contribution in [0, 0.1) is 11.7 Å². The predicted octanol–water partition coefficient (Wildman–Crippen LogP) is 3.09. The van der Waals surface area contributed by atoms with Crippen LogP contribution in [-0.2, 0) is 27.3 Å². The molecule has 2 N–H and O–H groups in total. The van der Waals surface area contributed by atoms with Gasteiger partial charge in [-0.25, -0.2) is 13.2 Å². The van der Waals surface area contributed by atoms with Crippen molar-refractivity contribution in [1.82, 2.24) is 15.5 Å². The molecule has 7 nitrogen and oxygen atoms in total. The first kappa shape index (κ1) is 25.2. The summed E-state index contributed by atoms with van der Waals surface area (Å²) < 4.78 is 47.6. The van der Waals surface area contributed by atoms with E-state index in [9.17, 15) is 23.2 Å². The van der Waals surface area contributed by atoms with E-state index in [1.54, 1.807) is 12.1 Å². The lowest BCUT2D eigenvalue weighted by molar-refractivity contribution is -0.136. The molecule has 1 unspecified atom stereocenters. The minimum absolute atomic E-state index is 0.00102. The van der Waals surface area contributed by atoms with Crippen molar-refractivity contribution in [3.8, 4) is 0 Å². The van der Waals surface area contributed by atoms with Crippen molar-refractivity contribution < 1.29 is 32.3 Å². The molecule has 4 aliphatic rings. The number of ether oxygens (including phenoxy) is 1. The molecule has 2 saturated heterocycles. The first-order valence-corrected chi connectivity index (χ1v) is 12.9.